The number of aromatic nitrogens is 2. The Kier molecular flexibility index (Phi) is 5.88. The molecule has 0 saturated carbocycles. The van der Waals surface area contributed by atoms with Gasteiger partial charge in [0.25, 0.3) is 0 Å². The largest absolute Gasteiger partial charge is 0.481 e. The van der Waals surface area contributed by atoms with Gasteiger partial charge in [-0.3, -0.25) is 4.79 Å². The number of ether oxygens (including phenoxy) is 1. The summed E-state index contributed by atoms with van der Waals surface area (Å²) in [7, 11) is 1.57. The molecular formula is C20H25FN4O2. The van der Waals surface area contributed by atoms with E-state index < -0.39 is 0 Å². The number of anilines is 1. The second kappa shape index (κ2) is 8.33. The van der Waals surface area contributed by atoms with Gasteiger partial charge in [-0.1, -0.05) is 26.0 Å². The van der Waals surface area contributed by atoms with E-state index in [1.807, 2.05) is 4.90 Å². The van der Waals surface area contributed by atoms with Crippen LogP contribution < -0.4 is 9.64 Å². The van der Waals surface area contributed by atoms with Crippen LogP contribution in [0.5, 0.6) is 5.88 Å². The number of benzene rings is 1. The van der Waals surface area contributed by atoms with E-state index in [9.17, 15) is 9.18 Å². The molecule has 0 bridgehead atoms. The van der Waals surface area contributed by atoms with Gasteiger partial charge in [-0.15, -0.1) is 0 Å². The molecule has 27 heavy (non-hydrogen) atoms. The van der Waals surface area contributed by atoms with Crippen LogP contribution in [0.3, 0.4) is 0 Å². The van der Waals surface area contributed by atoms with Gasteiger partial charge in [0.1, 0.15) is 18.0 Å². The number of rotatable bonds is 5. The van der Waals surface area contributed by atoms with Gasteiger partial charge in [0.2, 0.25) is 11.8 Å². The van der Waals surface area contributed by atoms with E-state index >= 15 is 0 Å². The Hall–Kier alpha value is -2.70. The van der Waals surface area contributed by atoms with Crippen LogP contribution in [0.15, 0.2) is 36.7 Å². The maximum Gasteiger partial charge on any atom is 0.224 e. The van der Waals surface area contributed by atoms with Gasteiger partial charge in [0, 0.05) is 32.1 Å². The average molecular weight is 372 g/mol. The minimum atomic E-state index is -0.273. The lowest BCUT2D eigenvalue weighted by Gasteiger charge is -2.35. The summed E-state index contributed by atoms with van der Waals surface area (Å²) in [6.07, 6.45) is 1.87. The first-order valence-corrected chi connectivity index (χ1v) is 9.13. The summed E-state index contributed by atoms with van der Waals surface area (Å²) in [6.45, 7) is 5.95. The summed E-state index contributed by atoms with van der Waals surface area (Å²) in [4.78, 5) is 25.3. The number of hydrogen-bond acceptors (Lipinski definition) is 5. The third kappa shape index (κ3) is 4.53. The van der Waals surface area contributed by atoms with Crippen molar-refractivity contribution < 1.29 is 13.9 Å². The minimum Gasteiger partial charge on any atom is -0.481 e. The fourth-order valence-electron chi connectivity index (χ4n) is 3.36. The van der Waals surface area contributed by atoms with E-state index in [0.29, 0.717) is 31.9 Å². The summed E-state index contributed by atoms with van der Waals surface area (Å²) >= 11 is 0. The van der Waals surface area contributed by atoms with Gasteiger partial charge in [-0.05, 0) is 23.6 Å². The quantitative estimate of drug-likeness (QED) is 0.808. The number of carbonyl (C=O) groups excluding carboxylic acids is 1. The van der Waals surface area contributed by atoms with E-state index in [4.69, 9.17) is 4.74 Å². The Morgan fingerprint density at radius 1 is 1.26 bits per heavy atom. The summed E-state index contributed by atoms with van der Waals surface area (Å²) in [6, 6.07) is 8.14. The predicted octanol–water partition coefficient (Wildman–Crippen LogP) is 2.89. The second-order valence-corrected chi connectivity index (χ2v) is 7.07. The first-order chi connectivity index (χ1) is 13.0. The first-order valence-electron chi connectivity index (χ1n) is 9.13. The highest BCUT2D eigenvalue weighted by Crippen LogP contribution is 2.25. The summed E-state index contributed by atoms with van der Waals surface area (Å²) < 4.78 is 18.4. The molecule has 0 radical (unpaired) electrons. The molecule has 1 fully saturated rings. The van der Waals surface area contributed by atoms with Crippen molar-refractivity contribution >= 4 is 11.7 Å². The average Bonchev–Trinajstić information content (AvgIpc) is 2.83. The van der Waals surface area contributed by atoms with Crippen LogP contribution in [0.4, 0.5) is 10.2 Å². The van der Waals surface area contributed by atoms with E-state index in [1.54, 1.807) is 25.3 Å². The number of methoxy groups -OCH3 is 1. The molecule has 1 amide bonds. The Morgan fingerprint density at radius 2 is 2.00 bits per heavy atom. The lowest BCUT2D eigenvalue weighted by Crippen LogP contribution is -2.46. The lowest BCUT2D eigenvalue weighted by atomic mass is 10.0. The Labute approximate surface area is 159 Å². The Morgan fingerprint density at radius 3 is 2.67 bits per heavy atom. The highest BCUT2D eigenvalue weighted by atomic mass is 19.1. The standard InChI is InChI=1S/C20H25FN4O2/c1-14(2)17-12-24(18-10-19(27-3)23-13-22-18)9-8-20(26)25(17)11-15-4-6-16(21)7-5-15/h4-7,10,13-14,17H,8-9,11-12H2,1-3H3. The fraction of sp³-hybridized carbons (Fsp3) is 0.450. The molecule has 1 saturated heterocycles. The smallest absolute Gasteiger partial charge is 0.224 e. The van der Waals surface area contributed by atoms with Gasteiger partial charge in [-0.25, -0.2) is 14.4 Å². The zero-order valence-electron chi connectivity index (χ0n) is 15.9. The molecule has 7 heteroatoms. The zero-order chi connectivity index (χ0) is 19.4. The lowest BCUT2D eigenvalue weighted by molar-refractivity contribution is -0.134. The molecule has 1 aromatic heterocycles. The van der Waals surface area contributed by atoms with E-state index in [2.05, 4.69) is 28.7 Å². The molecule has 2 aromatic rings. The molecule has 2 heterocycles. The van der Waals surface area contributed by atoms with Crippen molar-refractivity contribution in [3.63, 3.8) is 0 Å². The van der Waals surface area contributed by atoms with Crippen molar-refractivity contribution in [2.45, 2.75) is 32.9 Å². The molecule has 1 aliphatic heterocycles. The summed E-state index contributed by atoms with van der Waals surface area (Å²) in [5.74, 6) is 1.34. The Bertz CT molecular complexity index is 782. The second-order valence-electron chi connectivity index (χ2n) is 7.07. The van der Waals surface area contributed by atoms with Crippen molar-refractivity contribution in [2.24, 2.45) is 5.92 Å². The molecule has 3 rings (SSSR count). The van der Waals surface area contributed by atoms with Crippen LogP contribution in [0.2, 0.25) is 0 Å². The van der Waals surface area contributed by atoms with Crippen LogP contribution >= 0.6 is 0 Å². The van der Waals surface area contributed by atoms with Crippen LogP contribution in [0.25, 0.3) is 0 Å². The molecule has 0 aliphatic carbocycles. The summed E-state index contributed by atoms with van der Waals surface area (Å²) in [5, 5.41) is 0. The zero-order valence-corrected chi connectivity index (χ0v) is 15.9. The molecule has 1 aromatic carbocycles. The van der Waals surface area contributed by atoms with Crippen LogP contribution in [-0.2, 0) is 11.3 Å². The van der Waals surface area contributed by atoms with Crippen molar-refractivity contribution in [1.29, 1.82) is 0 Å². The maximum absolute atomic E-state index is 13.2. The number of carbonyl (C=O) groups is 1. The van der Waals surface area contributed by atoms with Crippen molar-refractivity contribution in [3.8, 4) is 5.88 Å². The normalized spacial score (nSPS) is 18.0. The van der Waals surface area contributed by atoms with Crippen molar-refractivity contribution in [2.75, 3.05) is 25.1 Å². The van der Waals surface area contributed by atoms with Crippen LogP contribution in [0.1, 0.15) is 25.8 Å². The molecule has 1 aliphatic rings. The van der Waals surface area contributed by atoms with Crippen LogP contribution in [0, 0.1) is 11.7 Å². The van der Waals surface area contributed by atoms with E-state index in [1.165, 1.54) is 18.5 Å². The van der Waals surface area contributed by atoms with Gasteiger partial charge in [-0.2, -0.15) is 0 Å². The molecule has 1 atom stereocenters. The number of amides is 1. The topological polar surface area (TPSA) is 58.6 Å². The fourth-order valence-corrected chi connectivity index (χ4v) is 3.36. The molecule has 1 unspecified atom stereocenters. The molecule has 6 nitrogen and oxygen atoms in total. The number of nitrogens with zero attached hydrogens (tertiary/aromatic N) is 4. The predicted molar refractivity (Wildman–Crippen MR) is 101 cm³/mol. The highest BCUT2D eigenvalue weighted by molar-refractivity contribution is 5.78. The summed E-state index contributed by atoms with van der Waals surface area (Å²) in [5.41, 5.74) is 0.924. The highest BCUT2D eigenvalue weighted by Gasteiger charge is 2.32. The number of halogens is 1. The van der Waals surface area contributed by atoms with Crippen LogP contribution in [-0.4, -0.2) is 47.0 Å². The molecular weight excluding hydrogens is 347 g/mol. The van der Waals surface area contributed by atoms with Gasteiger partial charge >= 0.3 is 0 Å². The van der Waals surface area contributed by atoms with Gasteiger partial charge in [0.15, 0.2) is 0 Å². The molecule has 0 N–H and O–H groups in total. The monoisotopic (exact) mass is 372 g/mol. The third-order valence-corrected chi connectivity index (χ3v) is 4.92. The molecule has 144 valence electrons. The molecule has 0 spiro atoms. The third-order valence-electron chi connectivity index (χ3n) is 4.92. The van der Waals surface area contributed by atoms with Gasteiger partial charge < -0.3 is 14.5 Å². The maximum atomic E-state index is 13.2. The number of hydrogen-bond donors (Lipinski definition) is 0. The van der Waals surface area contributed by atoms with Gasteiger partial charge in [0.05, 0.1) is 13.2 Å². The first kappa shape index (κ1) is 19.1. The minimum absolute atomic E-state index is 0.0195. The van der Waals surface area contributed by atoms with Crippen molar-refractivity contribution in [1.82, 2.24) is 14.9 Å². The Balaban J connectivity index is 1.84. The van der Waals surface area contributed by atoms with Crippen molar-refractivity contribution in [3.05, 3.63) is 48.0 Å². The van der Waals surface area contributed by atoms with E-state index in [-0.39, 0.29) is 23.7 Å². The van der Waals surface area contributed by atoms with E-state index in [0.717, 1.165) is 11.4 Å². The SMILES string of the molecule is COc1cc(N2CCC(=O)N(Cc3ccc(F)cc3)C(C(C)C)C2)ncn1.